The van der Waals surface area contributed by atoms with Gasteiger partial charge in [-0.25, -0.2) is 10.4 Å². The maximum absolute atomic E-state index is 12.9. The molecule has 1 saturated carbocycles. The summed E-state index contributed by atoms with van der Waals surface area (Å²) in [4.78, 5) is 25.8. The van der Waals surface area contributed by atoms with Crippen LogP contribution in [0.5, 0.6) is 0 Å². The average molecular weight is 468 g/mol. The number of amides is 2. The highest BCUT2D eigenvalue weighted by Gasteiger charge is 2.51. The van der Waals surface area contributed by atoms with Crippen molar-refractivity contribution in [1.29, 1.82) is 0 Å². The van der Waals surface area contributed by atoms with Gasteiger partial charge in [-0.1, -0.05) is 53.6 Å². The minimum Gasteiger partial charge on any atom is -0.356 e. The second-order valence-corrected chi connectivity index (χ2v) is 9.79. The van der Waals surface area contributed by atoms with Crippen LogP contribution in [-0.4, -0.2) is 35.6 Å². The van der Waals surface area contributed by atoms with Gasteiger partial charge in [0.1, 0.15) is 6.17 Å². The fourth-order valence-corrected chi connectivity index (χ4v) is 5.44. The van der Waals surface area contributed by atoms with Crippen molar-refractivity contribution >= 4 is 23.4 Å². The van der Waals surface area contributed by atoms with Gasteiger partial charge in [0.25, 0.3) is 0 Å². The quantitative estimate of drug-likeness (QED) is 0.543. The van der Waals surface area contributed by atoms with Crippen molar-refractivity contribution < 1.29 is 9.59 Å². The zero-order valence-electron chi connectivity index (χ0n) is 18.7. The molecule has 174 valence electrons. The zero-order chi connectivity index (χ0) is 22.9. The van der Waals surface area contributed by atoms with E-state index in [0.29, 0.717) is 24.4 Å². The number of hydrogen-bond donors (Lipinski definition) is 4. The highest BCUT2D eigenvalue weighted by atomic mass is 35.5. The van der Waals surface area contributed by atoms with Gasteiger partial charge in [0.2, 0.25) is 11.8 Å². The Balaban J connectivity index is 1.21. The molecule has 3 fully saturated rings. The first-order valence-electron chi connectivity index (χ1n) is 11.7. The van der Waals surface area contributed by atoms with E-state index in [1.54, 1.807) is 0 Å². The molecule has 2 aromatic rings. The van der Waals surface area contributed by atoms with E-state index >= 15 is 0 Å². The van der Waals surface area contributed by atoms with Crippen LogP contribution in [0.1, 0.15) is 42.0 Å². The Morgan fingerprint density at radius 1 is 1.12 bits per heavy atom. The summed E-state index contributed by atoms with van der Waals surface area (Å²) < 4.78 is 0. The molecule has 2 saturated heterocycles. The number of hydrazine groups is 2. The summed E-state index contributed by atoms with van der Waals surface area (Å²) in [6.07, 6.45) is 2.69. The third-order valence-corrected chi connectivity index (χ3v) is 7.45. The second kappa shape index (κ2) is 9.43. The molecule has 0 bridgehead atoms. The zero-order valence-corrected chi connectivity index (χ0v) is 19.4. The van der Waals surface area contributed by atoms with Gasteiger partial charge < -0.3 is 10.6 Å². The highest BCUT2D eigenvalue weighted by molar-refractivity contribution is 6.30. The van der Waals surface area contributed by atoms with Gasteiger partial charge in [0.05, 0.1) is 12.0 Å². The number of carbonyl (C=O) groups excluding carboxylic acids is 2. The van der Waals surface area contributed by atoms with Crippen LogP contribution in [0.3, 0.4) is 0 Å². The fraction of sp³-hybridized carbons (Fsp3) is 0.440. The Labute approximate surface area is 199 Å². The van der Waals surface area contributed by atoms with Gasteiger partial charge in [-0.15, -0.1) is 0 Å². The number of rotatable bonds is 5. The SMILES string of the molecule is Cc1ccc(C2NNN3C4CC(C(=O)NCCc5ccc(Cl)cc5)CCC4C(=O)NC23)cc1. The maximum Gasteiger partial charge on any atom is 0.226 e. The van der Waals surface area contributed by atoms with Gasteiger partial charge in [-0.05, 0) is 55.9 Å². The van der Waals surface area contributed by atoms with Crippen LogP contribution in [0.15, 0.2) is 48.5 Å². The first-order valence-corrected chi connectivity index (χ1v) is 12.1. The fourth-order valence-electron chi connectivity index (χ4n) is 5.31. The number of nitrogens with zero attached hydrogens (tertiary/aromatic N) is 1. The number of benzene rings is 2. The van der Waals surface area contributed by atoms with E-state index < -0.39 is 0 Å². The van der Waals surface area contributed by atoms with E-state index in [9.17, 15) is 9.59 Å². The number of fused-ring (bicyclic) bond motifs is 3. The molecule has 0 spiro atoms. The van der Waals surface area contributed by atoms with Crippen LogP contribution in [-0.2, 0) is 16.0 Å². The van der Waals surface area contributed by atoms with Crippen molar-refractivity contribution in [1.82, 2.24) is 26.6 Å². The lowest BCUT2D eigenvalue weighted by molar-refractivity contribution is -0.143. The number of nitrogens with one attached hydrogen (secondary N) is 4. The van der Waals surface area contributed by atoms with Gasteiger partial charge >= 0.3 is 0 Å². The molecule has 2 aliphatic heterocycles. The Hall–Kier alpha value is -2.45. The molecule has 8 heteroatoms. The minimum atomic E-state index is -0.187. The van der Waals surface area contributed by atoms with E-state index in [4.69, 9.17) is 11.6 Å². The third kappa shape index (κ3) is 4.64. The van der Waals surface area contributed by atoms with Crippen molar-refractivity contribution in [3.05, 3.63) is 70.2 Å². The second-order valence-electron chi connectivity index (χ2n) is 9.36. The molecule has 0 radical (unpaired) electrons. The summed E-state index contributed by atoms with van der Waals surface area (Å²) >= 11 is 5.94. The monoisotopic (exact) mass is 467 g/mol. The molecule has 2 heterocycles. The molecule has 5 rings (SSSR count). The summed E-state index contributed by atoms with van der Waals surface area (Å²) in [5.74, 6) is -0.0358. The van der Waals surface area contributed by atoms with E-state index in [1.807, 2.05) is 24.3 Å². The topological polar surface area (TPSA) is 85.5 Å². The average Bonchev–Trinajstić information content (AvgIpc) is 3.24. The van der Waals surface area contributed by atoms with Crippen LogP contribution in [0.4, 0.5) is 0 Å². The molecule has 2 aromatic carbocycles. The van der Waals surface area contributed by atoms with Crippen molar-refractivity contribution in [3.63, 3.8) is 0 Å². The molecule has 7 nitrogen and oxygen atoms in total. The molecule has 1 aliphatic carbocycles. The number of carbonyl (C=O) groups is 2. The number of hydrogen-bond acceptors (Lipinski definition) is 5. The number of halogens is 1. The van der Waals surface area contributed by atoms with Crippen LogP contribution in [0, 0.1) is 18.8 Å². The molecular weight excluding hydrogens is 438 g/mol. The van der Waals surface area contributed by atoms with Crippen molar-refractivity contribution in [3.8, 4) is 0 Å². The Bertz CT molecular complexity index is 1010. The smallest absolute Gasteiger partial charge is 0.226 e. The van der Waals surface area contributed by atoms with Crippen molar-refractivity contribution in [2.75, 3.05) is 6.54 Å². The summed E-state index contributed by atoms with van der Waals surface area (Å²) in [6.45, 7) is 2.65. The summed E-state index contributed by atoms with van der Waals surface area (Å²) in [6, 6.07) is 16.0. The first kappa shape index (κ1) is 22.3. The van der Waals surface area contributed by atoms with Crippen molar-refractivity contribution in [2.45, 2.75) is 50.9 Å². The maximum atomic E-state index is 12.9. The van der Waals surface area contributed by atoms with Gasteiger partial charge in [-0.3, -0.25) is 9.59 Å². The highest BCUT2D eigenvalue weighted by Crippen LogP contribution is 2.38. The molecular formula is C25H30ClN5O2. The van der Waals surface area contributed by atoms with Gasteiger partial charge in [-0.2, -0.15) is 5.53 Å². The van der Waals surface area contributed by atoms with Gasteiger partial charge in [0, 0.05) is 23.5 Å². The lowest BCUT2D eigenvalue weighted by Crippen LogP contribution is -2.65. The molecule has 5 atom stereocenters. The minimum absolute atomic E-state index is 0.0209. The first-order chi connectivity index (χ1) is 16.0. The molecule has 2 amide bonds. The van der Waals surface area contributed by atoms with Crippen LogP contribution < -0.4 is 21.6 Å². The lowest BCUT2D eigenvalue weighted by Gasteiger charge is -2.46. The summed E-state index contributed by atoms with van der Waals surface area (Å²) in [7, 11) is 0. The lowest BCUT2D eigenvalue weighted by atomic mass is 9.75. The largest absolute Gasteiger partial charge is 0.356 e. The van der Waals surface area contributed by atoms with E-state index in [2.05, 4.69) is 57.8 Å². The van der Waals surface area contributed by atoms with Crippen molar-refractivity contribution in [2.24, 2.45) is 11.8 Å². The third-order valence-electron chi connectivity index (χ3n) is 7.20. The Kier molecular flexibility index (Phi) is 6.38. The summed E-state index contributed by atoms with van der Waals surface area (Å²) in [5.41, 5.74) is 10.1. The number of aryl methyl sites for hydroxylation is 1. The summed E-state index contributed by atoms with van der Waals surface area (Å²) in [5, 5.41) is 9.11. The van der Waals surface area contributed by atoms with Crippen LogP contribution in [0.2, 0.25) is 5.02 Å². The van der Waals surface area contributed by atoms with E-state index in [0.717, 1.165) is 24.0 Å². The molecule has 0 aromatic heterocycles. The van der Waals surface area contributed by atoms with Gasteiger partial charge in [0.15, 0.2) is 0 Å². The Morgan fingerprint density at radius 3 is 2.64 bits per heavy atom. The molecule has 5 unspecified atom stereocenters. The standard InChI is InChI=1S/C25H30ClN5O2/c1-15-2-6-17(7-3-15)22-23-28-25(33)20-11-8-18(14-21(20)31(23)30-29-22)24(32)27-13-12-16-4-9-19(26)10-5-16/h2-7,9-10,18,20-23,29-30H,8,11-14H2,1H3,(H,27,32)(H,28,33). The van der Waals surface area contributed by atoms with E-state index in [-0.39, 0.29) is 41.9 Å². The van der Waals surface area contributed by atoms with Crippen LogP contribution in [0.25, 0.3) is 0 Å². The van der Waals surface area contributed by atoms with Crippen LogP contribution >= 0.6 is 11.6 Å². The normalized spacial score (nSPS) is 29.2. The Morgan fingerprint density at radius 2 is 1.88 bits per heavy atom. The molecule has 33 heavy (non-hydrogen) atoms. The molecule has 4 N–H and O–H groups in total. The molecule has 3 aliphatic rings. The van der Waals surface area contributed by atoms with E-state index in [1.165, 1.54) is 5.56 Å². The predicted molar refractivity (Wildman–Crippen MR) is 127 cm³/mol. The predicted octanol–water partition coefficient (Wildman–Crippen LogP) is 2.61.